The van der Waals surface area contributed by atoms with E-state index < -0.39 is 11.7 Å². The smallest absolute Gasteiger partial charge is 0.310 e. The molecule has 0 aromatic heterocycles. The Labute approximate surface area is 203 Å². The predicted octanol–water partition coefficient (Wildman–Crippen LogP) is 8.49. The summed E-state index contributed by atoms with van der Waals surface area (Å²) >= 11 is 6.09. The first-order valence-electron chi connectivity index (χ1n) is 10.5. The van der Waals surface area contributed by atoms with Crippen LogP contribution in [-0.2, 0) is 12.6 Å². The molecule has 1 nitrogen and oxygen atoms in total. The second-order valence-electron chi connectivity index (χ2n) is 7.92. The molecule has 0 saturated heterocycles. The molecule has 0 bridgehead atoms. The fraction of sp³-hybridized carbons (Fsp3) is 0.185. The number of rotatable bonds is 6. The standard InChI is InChI=1S/C27H23ClF3N.ClH/c1-18(20-7-5-10-24(28)17-20)32-13-12-19-14-21-6-2-3-11-25(21)26(15-19)22-8-4-9-23(16-22)27(29,30)31;/h2-11,14-18,32H,12-13H2,1H3;1H. The van der Waals surface area contributed by atoms with Crippen molar-refractivity contribution in [3.63, 3.8) is 0 Å². The molecule has 0 aliphatic heterocycles. The molecule has 0 aliphatic rings. The van der Waals surface area contributed by atoms with Gasteiger partial charge in [0.15, 0.2) is 0 Å². The van der Waals surface area contributed by atoms with Crippen LogP contribution in [-0.4, -0.2) is 6.54 Å². The molecule has 0 amide bonds. The highest BCUT2D eigenvalue weighted by molar-refractivity contribution is 6.30. The van der Waals surface area contributed by atoms with E-state index in [1.54, 1.807) is 6.07 Å². The highest BCUT2D eigenvalue weighted by Crippen LogP contribution is 2.35. The zero-order valence-electron chi connectivity index (χ0n) is 18.0. The molecule has 0 spiro atoms. The second kappa shape index (κ2) is 10.6. The minimum atomic E-state index is -4.37. The Morgan fingerprint density at radius 3 is 2.39 bits per heavy atom. The molecular formula is C27H24Cl2F3N. The van der Waals surface area contributed by atoms with Gasteiger partial charge in [-0.3, -0.25) is 0 Å². The zero-order valence-corrected chi connectivity index (χ0v) is 19.6. The lowest BCUT2D eigenvalue weighted by molar-refractivity contribution is -0.137. The third-order valence-corrected chi connectivity index (χ3v) is 5.87. The summed E-state index contributed by atoms with van der Waals surface area (Å²) in [4.78, 5) is 0. The van der Waals surface area contributed by atoms with E-state index in [0.29, 0.717) is 10.6 Å². The highest BCUT2D eigenvalue weighted by Gasteiger charge is 2.30. The molecule has 0 heterocycles. The summed E-state index contributed by atoms with van der Waals surface area (Å²) in [6.45, 7) is 2.81. The van der Waals surface area contributed by atoms with Gasteiger partial charge in [-0.25, -0.2) is 0 Å². The maximum Gasteiger partial charge on any atom is 0.416 e. The summed E-state index contributed by atoms with van der Waals surface area (Å²) in [5, 5.41) is 6.16. The van der Waals surface area contributed by atoms with Crippen LogP contribution < -0.4 is 5.32 Å². The number of benzene rings is 4. The predicted molar refractivity (Wildman–Crippen MR) is 133 cm³/mol. The van der Waals surface area contributed by atoms with Crippen LogP contribution in [0.2, 0.25) is 5.02 Å². The van der Waals surface area contributed by atoms with Crippen molar-refractivity contribution >= 4 is 34.8 Å². The number of hydrogen-bond donors (Lipinski definition) is 1. The highest BCUT2D eigenvalue weighted by atomic mass is 35.5. The first-order valence-corrected chi connectivity index (χ1v) is 10.9. The fourth-order valence-corrected chi connectivity index (χ4v) is 4.14. The third kappa shape index (κ3) is 6.08. The average Bonchev–Trinajstić information content (AvgIpc) is 2.78. The molecule has 4 rings (SSSR count). The lowest BCUT2D eigenvalue weighted by Gasteiger charge is -2.16. The lowest BCUT2D eigenvalue weighted by Crippen LogP contribution is -2.21. The Balaban J connectivity index is 0.00000306. The Hall–Kier alpha value is -2.53. The molecule has 33 heavy (non-hydrogen) atoms. The number of fused-ring (bicyclic) bond motifs is 1. The van der Waals surface area contributed by atoms with E-state index in [-0.39, 0.29) is 18.4 Å². The molecule has 1 atom stereocenters. The molecule has 1 unspecified atom stereocenters. The van der Waals surface area contributed by atoms with Crippen LogP contribution in [0.15, 0.2) is 84.9 Å². The van der Waals surface area contributed by atoms with E-state index >= 15 is 0 Å². The molecule has 6 heteroatoms. The fourth-order valence-electron chi connectivity index (χ4n) is 3.95. The summed E-state index contributed by atoms with van der Waals surface area (Å²) in [6.07, 6.45) is -3.62. The van der Waals surface area contributed by atoms with E-state index in [2.05, 4.69) is 18.3 Å². The molecule has 172 valence electrons. The maximum atomic E-state index is 13.3. The van der Waals surface area contributed by atoms with E-state index in [1.165, 1.54) is 12.1 Å². The average molecular weight is 490 g/mol. The van der Waals surface area contributed by atoms with Crippen molar-refractivity contribution in [3.8, 4) is 11.1 Å². The van der Waals surface area contributed by atoms with Crippen LogP contribution in [0.5, 0.6) is 0 Å². The molecule has 0 aliphatic carbocycles. The minimum absolute atomic E-state index is 0. The first kappa shape index (κ1) is 25.1. The molecule has 0 fully saturated rings. The minimum Gasteiger partial charge on any atom is -0.310 e. The maximum absolute atomic E-state index is 13.3. The van der Waals surface area contributed by atoms with Gasteiger partial charge in [0.25, 0.3) is 0 Å². The molecule has 0 saturated carbocycles. The van der Waals surface area contributed by atoms with Gasteiger partial charge in [0.05, 0.1) is 5.56 Å². The van der Waals surface area contributed by atoms with Crippen molar-refractivity contribution in [2.75, 3.05) is 6.54 Å². The van der Waals surface area contributed by atoms with Gasteiger partial charge in [0, 0.05) is 11.1 Å². The van der Waals surface area contributed by atoms with Crippen molar-refractivity contribution in [1.29, 1.82) is 0 Å². The molecule has 0 radical (unpaired) electrons. The van der Waals surface area contributed by atoms with Crippen molar-refractivity contribution in [3.05, 3.63) is 107 Å². The second-order valence-corrected chi connectivity index (χ2v) is 8.36. The van der Waals surface area contributed by atoms with Gasteiger partial charge < -0.3 is 5.32 Å². The molecular weight excluding hydrogens is 466 g/mol. The number of halogens is 5. The number of hydrogen-bond acceptors (Lipinski definition) is 1. The van der Waals surface area contributed by atoms with Crippen molar-refractivity contribution in [2.24, 2.45) is 0 Å². The van der Waals surface area contributed by atoms with Gasteiger partial charge in [0.1, 0.15) is 0 Å². The van der Waals surface area contributed by atoms with Gasteiger partial charge in [-0.2, -0.15) is 13.2 Å². The van der Waals surface area contributed by atoms with E-state index in [0.717, 1.165) is 46.5 Å². The summed E-state index contributed by atoms with van der Waals surface area (Å²) in [6, 6.07) is 25.4. The van der Waals surface area contributed by atoms with Crippen LogP contribution in [0.3, 0.4) is 0 Å². The normalized spacial score (nSPS) is 12.4. The molecule has 1 N–H and O–H groups in total. The van der Waals surface area contributed by atoms with Crippen LogP contribution in [0, 0.1) is 0 Å². The van der Waals surface area contributed by atoms with Crippen LogP contribution in [0.1, 0.15) is 29.7 Å². The zero-order chi connectivity index (χ0) is 22.7. The van der Waals surface area contributed by atoms with Gasteiger partial charge in [-0.15, -0.1) is 12.4 Å². The van der Waals surface area contributed by atoms with Crippen molar-refractivity contribution in [1.82, 2.24) is 5.32 Å². The monoisotopic (exact) mass is 489 g/mol. The summed E-state index contributed by atoms with van der Waals surface area (Å²) in [7, 11) is 0. The Kier molecular flexibility index (Phi) is 8.06. The van der Waals surface area contributed by atoms with E-state index in [9.17, 15) is 13.2 Å². The van der Waals surface area contributed by atoms with Gasteiger partial charge in [0.2, 0.25) is 0 Å². The summed E-state index contributed by atoms with van der Waals surface area (Å²) in [5.74, 6) is 0. The van der Waals surface area contributed by atoms with E-state index in [4.69, 9.17) is 11.6 Å². The van der Waals surface area contributed by atoms with Crippen molar-refractivity contribution in [2.45, 2.75) is 25.6 Å². The first-order chi connectivity index (χ1) is 15.3. The largest absolute Gasteiger partial charge is 0.416 e. The molecule has 4 aromatic carbocycles. The number of alkyl halides is 3. The third-order valence-electron chi connectivity index (χ3n) is 5.64. The Bertz CT molecular complexity index is 1240. The van der Waals surface area contributed by atoms with Crippen LogP contribution >= 0.6 is 24.0 Å². The Morgan fingerprint density at radius 1 is 0.879 bits per heavy atom. The Morgan fingerprint density at radius 2 is 1.64 bits per heavy atom. The van der Waals surface area contributed by atoms with Gasteiger partial charge in [-0.1, -0.05) is 72.3 Å². The topological polar surface area (TPSA) is 12.0 Å². The van der Waals surface area contributed by atoms with Crippen molar-refractivity contribution < 1.29 is 13.2 Å². The number of nitrogens with one attached hydrogen (secondary N) is 1. The lowest BCUT2D eigenvalue weighted by atomic mass is 9.93. The quantitative estimate of drug-likeness (QED) is 0.286. The van der Waals surface area contributed by atoms with Gasteiger partial charge >= 0.3 is 6.18 Å². The van der Waals surface area contributed by atoms with Crippen LogP contribution in [0.25, 0.3) is 21.9 Å². The van der Waals surface area contributed by atoms with Crippen LogP contribution in [0.4, 0.5) is 13.2 Å². The van der Waals surface area contributed by atoms with Gasteiger partial charge in [-0.05, 0) is 77.2 Å². The summed E-state index contributed by atoms with van der Waals surface area (Å²) < 4.78 is 39.8. The molecule has 4 aromatic rings. The summed E-state index contributed by atoms with van der Waals surface area (Å²) in [5.41, 5.74) is 2.93. The SMILES string of the molecule is CC(NCCc1cc(-c2cccc(C(F)(F)F)c2)c2ccccc2c1)c1cccc(Cl)c1.Cl. The van der Waals surface area contributed by atoms with E-state index in [1.807, 2.05) is 54.6 Å².